The van der Waals surface area contributed by atoms with E-state index in [9.17, 15) is 0 Å². The van der Waals surface area contributed by atoms with Gasteiger partial charge in [-0.05, 0) is 24.6 Å². The molecular weight excluding hydrogens is 218 g/mol. The number of hydrogen-bond donors (Lipinski definition) is 2. The van der Waals surface area contributed by atoms with Crippen LogP contribution in [0.5, 0.6) is 5.75 Å². The lowest BCUT2D eigenvalue weighted by Gasteiger charge is -2.20. The molecule has 1 rings (SSSR count). The highest BCUT2D eigenvalue weighted by molar-refractivity contribution is 5.27. The summed E-state index contributed by atoms with van der Waals surface area (Å²) in [4.78, 5) is 1.97. The summed E-state index contributed by atoms with van der Waals surface area (Å²) in [6.07, 6.45) is 0. The van der Waals surface area contributed by atoms with Gasteiger partial charge >= 0.3 is 0 Å². The third kappa shape index (κ3) is 5.68. The first-order valence-electron chi connectivity index (χ1n) is 5.90. The second kappa shape index (κ2) is 8.06. The molecule has 0 aromatic heterocycles. The van der Waals surface area contributed by atoms with Crippen molar-refractivity contribution in [2.45, 2.75) is 6.92 Å². The molecular formula is C13H21NO3. The summed E-state index contributed by atoms with van der Waals surface area (Å²) in [5.41, 5.74) is 1.17. The maximum Gasteiger partial charge on any atom is 0.119 e. The van der Waals surface area contributed by atoms with Gasteiger partial charge in [0.25, 0.3) is 0 Å². The van der Waals surface area contributed by atoms with Gasteiger partial charge in [-0.15, -0.1) is 0 Å². The molecule has 0 aliphatic heterocycles. The molecule has 0 saturated heterocycles. The van der Waals surface area contributed by atoms with Gasteiger partial charge in [0.2, 0.25) is 0 Å². The minimum Gasteiger partial charge on any atom is -0.492 e. The van der Waals surface area contributed by atoms with Crippen LogP contribution < -0.4 is 4.74 Å². The van der Waals surface area contributed by atoms with E-state index in [1.54, 1.807) is 0 Å². The number of aliphatic hydroxyl groups excluding tert-OH is 2. The predicted octanol–water partition coefficient (Wildman–Crippen LogP) is 0.660. The zero-order valence-corrected chi connectivity index (χ0v) is 10.3. The van der Waals surface area contributed by atoms with Crippen LogP contribution in [0.4, 0.5) is 0 Å². The summed E-state index contributed by atoms with van der Waals surface area (Å²) in [7, 11) is 0. The summed E-state index contributed by atoms with van der Waals surface area (Å²) in [6.45, 7) is 4.62. The summed E-state index contributed by atoms with van der Waals surface area (Å²) < 4.78 is 5.61. The van der Waals surface area contributed by atoms with E-state index in [2.05, 4.69) is 0 Å². The molecule has 1 aromatic rings. The van der Waals surface area contributed by atoms with Crippen molar-refractivity contribution in [3.8, 4) is 5.75 Å². The van der Waals surface area contributed by atoms with Crippen LogP contribution in [0.1, 0.15) is 5.56 Å². The predicted molar refractivity (Wildman–Crippen MR) is 67.3 cm³/mol. The highest BCUT2D eigenvalue weighted by Gasteiger charge is 2.03. The minimum absolute atomic E-state index is 0.102. The largest absolute Gasteiger partial charge is 0.492 e. The Morgan fingerprint density at radius 1 is 1.12 bits per heavy atom. The molecule has 0 radical (unpaired) electrons. The molecule has 0 unspecified atom stereocenters. The van der Waals surface area contributed by atoms with E-state index in [1.807, 2.05) is 36.1 Å². The number of aryl methyl sites for hydroxylation is 1. The third-order valence-electron chi connectivity index (χ3n) is 2.50. The van der Waals surface area contributed by atoms with Gasteiger partial charge in [-0.1, -0.05) is 12.1 Å². The molecule has 0 spiro atoms. The fraction of sp³-hybridized carbons (Fsp3) is 0.538. The Bertz CT molecular complexity index is 311. The molecule has 0 aliphatic carbocycles. The Hall–Kier alpha value is -1.10. The van der Waals surface area contributed by atoms with Crippen molar-refractivity contribution in [2.75, 3.05) is 39.5 Å². The number of aliphatic hydroxyl groups is 2. The molecule has 96 valence electrons. The molecule has 4 heteroatoms. The van der Waals surface area contributed by atoms with Gasteiger partial charge in [0.15, 0.2) is 0 Å². The number of rotatable bonds is 8. The highest BCUT2D eigenvalue weighted by Crippen LogP contribution is 2.11. The second-order valence-corrected chi connectivity index (χ2v) is 3.95. The fourth-order valence-corrected chi connectivity index (χ4v) is 1.62. The Balaban J connectivity index is 2.30. The molecule has 0 amide bonds. The molecule has 0 bridgehead atoms. The van der Waals surface area contributed by atoms with E-state index in [1.165, 1.54) is 5.56 Å². The van der Waals surface area contributed by atoms with Gasteiger partial charge in [0.05, 0.1) is 13.2 Å². The second-order valence-electron chi connectivity index (χ2n) is 3.95. The summed E-state index contributed by atoms with van der Waals surface area (Å²) in [5, 5.41) is 17.7. The van der Waals surface area contributed by atoms with Gasteiger partial charge in [-0.2, -0.15) is 0 Å². The topological polar surface area (TPSA) is 52.9 Å². The lowest BCUT2D eigenvalue weighted by molar-refractivity contribution is 0.141. The van der Waals surface area contributed by atoms with Crippen molar-refractivity contribution >= 4 is 0 Å². The van der Waals surface area contributed by atoms with Gasteiger partial charge in [-0.3, -0.25) is 4.90 Å². The van der Waals surface area contributed by atoms with Crippen LogP contribution >= 0.6 is 0 Å². The normalized spacial score (nSPS) is 10.8. The number of benzene rings is 1. The molecule has 4 nitrogen and oxygen atoms in total. The van der Waals surface area contributed by atoms with E-state index in [0.29, 0.717) is 26.2 Å². The smallest absolute Gasteiger partial charge is 0.119 e. The van der Waals surface area contributed by atoms with Crippen molar-refractivity contribution in [1.82, 2.24) is 4.90 Å². The van der Waals surface area contributed by atoms with Gasteiger partial charge in [0.1, 0.15) is 12.4 Å². The minimum atomic E-state index is 0.102. The van der Waals surface area contributed by atoms with Crippen molar-refractivity contribution in [3.63, 3.8) is 0 Å². The molecule has 0 atom stereocenters. The standard InChI is InChI=1S/C13H21NO3/c1-12-3-2-4-13(11-12)17-10-7-14(5-8-15)6-9-16/h2-4,11,15-16H,5-10H2,1H3. The van der Waals surface area contributed by atoms with E-state index in [-0.39, 0.29) is 13.2 Å². The zero-order valence-electron chi connectivity index (χ0n) is 10.3. The van der Waals surface area contributed by atoms with Crippen molar-refractivity contribution in [1.29, 1.82) is 0 Å². The Kier molecular flexibility index (Phi) is 6.62. The lowest BCUT2D eigenvalue weighted by Crippen LogP contribution is -2.33. The number of hydrogen-bond acceptors (Lipinski definition) is 4. The first kappa shape index (κ1) is 14.0. The maximum atomic E-state index is 8.85. The molecule has 1 aromatic carbocycles. The van der Waals surface area contributed by atoms with Gasteiger partial charge in [0, 0.05) is 19.6 Å². The Labute approximate surface area is 102 Å². The lowest BCUT2D eigenvalue weighted by atomic mass is 10.2. The van der Waals surface area contributed by atoms with Crippen LogP contribution in [0.2, 0.25) is 0 Å². The first-order chi connectivity index (χ1) is 8.26. The quantitative estimate of drug-likeness (QED) is 0.700. The summed E-state index contributed by atoms with van der Waals surface area (Å²) in [5.74, 6) is 0.859. The third-order valence-corrected chi connectivity index (χ3v) is 2.50. The van der Waals surface area contributed by atoms with Crippen LogP contribution in [0.25, 0.3) is 0 Å². The van der Waals surface area contributed by atoms with Crippen molar-refractivity contribution in [2.24, 2.45) is 0 Å². The van der Waals surface area contributed by atoms with Gasteiger partial charge < -0.3 is 14.9 Å². The highest BCUT2D eigenvalue weighted by atomic mass is 16.5. The number of nitrogens with zero attached hydrogens (tertiary/aromatic N) is 1. The van der Waals surface area contributed by atoms with Crippen LogP contribution in [-0.2, 0) is 0 Å². The average Bonchev–Trinajstić information content (AvgIpc) is 2.30. The van der Waals surface area contributed by atoms with E-state index >= 15 is 0 Å². The Morgan fingerprint density at radius 3 is 2.41 bits per heavy atom. The summed E-state index contributed by atoms with van der Waals surface area (Å²) >= 11 is 0. The van der Waals surface area contributed by atoms with Gasteiger partial charge in [-0.25, -0.2) is 0 Å². The molecule has 0 heterocycles. The van der Waals surface area contributed by atoms with E-state index < -0.39 is 0 Å². The molecule has 0 aliphatic rings. The molecule has 0 fully saturated rings. The SMILES string of the molecule is Cc1cccc(OCCN(CCO)CCO)c1. The summed E-state index contributed by atoms with van der Waals surface area (Å²) in [6, 6.07) is 7.90. The monoisotopic (exact) mass is 239 g/mol. The van der Waals surface area contributed by atoms with E-state index in [0.717, 1.165) is 5.75 Å². The van der Waals surface area contributed by atoms with Crippen LogP contribution in [0.3, 0.4) is 0 Å². The maximum absolute atomic E-state index is 8.85. The van der Waals surface area contributed by atoms with Crippen molar-refractivity contribution < 1.29 is 14.9 Å². The fourth-order valence-electron chi connectivity index (χ4n) is 1.62. The molecule has 17 heavy (non-hydrogen) atoms. The number of ether oxygens (including phenoxy) is 1. The Morgan fingerprint density at radius 2 is 1.82 bits per heavy atom. The first-order valence-corrected chi connectivity index (χ1v) is 5.90. The van der Waals surface area contributed by atoms with E-state index in [4.69, 9.17) is 14.9 Å². The van der Waals surface area contributed by atoms with Crippen LogP contribution in [-0.4, -0.2) is 54.6 Å². The molecule has 0 saturated carbocycles. The van der Waals surface area contributed by atoms with Crippen LogP contribution in [0.15, 0.2) is 24.3 Å². The van der Waals surface area contributed by atoms with Crippen LogP contribution in [0, 0.1) is 6.92 Å². The van der Waals surface area contributed by atoms with Crippen molar-refractivity contribution in [3.05, 3.63) is 29.8 Å². The zero-order chi connectivity index (χ0) is 12.5. The average molecular weight is 239 g/mol. The molecule has 2 N–H and O–H groups in total.